The Morgan fingerprint density at radius 3 is 2.71 bits per heavy atom. The number of benzene rings is 2. The first kappa shape index (κ1) is 19.1. The maximum Gasteiger partial charge on any atom is 0.307 e. The first-order chi connectivity index (χ1) is 13.5. The van der Waals surface area contributed by atoms with Crippen LogP contribution in [0.25, 0.3) is 11.0 Å². The molecule has 1 N–H and O–H groups in total. The number of nitrogens with zero attached hydrogens (tertiary/aromatic N) is 2. The lowest BCUT2D eigenvalue weighted by Crippen LogP contribution is -2.18. The second-order valence-corrected chi connectivity index (χ2v) is 8.29. The summed E-state index contributed by atoms with van der Waals surface area (Å²) in [6.07, 6.45) is 3.55. The molecule has 0 saturated carbocycles. The summed E-state index contributed by atoms with van der Waals surface area (Å²) in [6.45, 7) is 1.90. The molecule has 0 radical (unpaired) electrons. The predicted molar refractivity (Wildman–Crippen MR) is 115 cm³/mol. The van der Waals surface area contributed by atoms with E-state index < -0.39 is 5.91 Å². The van der Waals surface area contributed by atoms with Gasteiger partial charge in [-0.25, -0.2) is 9.82 Å². The summed E-state index contributed by atoms with van der Waals surface area (Å²) >= 11 is 6.80. The van der Waals surface area contributed by atoms with Gasteiger partial charge >= 0.3 is 5.91 Å². The molecule has 5 nitrogen and oxygen atoms in total. The maximum absolute atomic E-state index is 14.3. The highest BCUT2D eigenvalue weighted by Gasteiger charge is 2.15. The highest BCUT2D eigenvalue weighted by Crippen LogP contribution is 2.31. The van der Waals surface area contributed by atoms with Crippen LogP contribution in [0.15, 0.2) is 54.9 Å². The molecule has 0 unspecified atom stereocenters. The van der Waals surface area contributed by atoms with Crippen LogP contribution in [0.2, 0.25) is 0 Å². The van der Waals surface area contributed by atoms with Gasteiger partial charge in [-0.1, -0.05) is 15.9 Å². The molecule has 0 atom stereocenters. The molecule has 2 aromatic carbocycles. The third-order valence-corrected chi connectivity index (χ3v) is 5.63. The SMILES string of the molecule is O=C(N/N=C\c1ccc(N2CCCC2)cc1F)c1cc2cc(Br)cc(Br)c2o1. The normalized spacial score (nSPS) is 14.3. The summed E-state index contributed by atoms with van der Waals surface area (Å²) in [5.41, 5.74) is 4.12. The van der Waals surface area contributed by atoms with Gasteiger partial charge in [0.2, 0.25) is 0 Å². The van der Waals surface area contributed by atoms with Crippen LogP contribution in [0.3, 0.4) is 0 Å². The van der Waals surface area contributed by atoms with Crippen molar-refractivity contribution < 1.29 is 13.6 Å². The second kappa shape index (κ2) is 8.05. The molecule has 8 heteroatoms. The van der Waals surface area contributed by atoms with Crippen molar-refractivity contribution in [2.45, 2.75) is 12.8 Å². The van der Waals surface area contributed by atoms with E-state index in [1.165, 1.54) is 12.3 Å². The van der Waals surface area contributed by atoms with Crippen molar-refractivity contribution in [1.82, 2.24) is 5.43 Å². The van der Waals surface area contributed by atoms with Crippen LogP contribution in [0.5, 0.6) is 0 Å². The second-order valence-electron chi connectivity index (χ2n) is 6.52. The van der Waals surface area contributed by atoms with E-state index >= 15 is 0 Å². The molecule has 0 spiro atoms. The summed E-state index contributed by atoms with van der Waals surface area (Å²) in [5.74, 6) is -0.764. The summed E-state index contributed by atoms with van der Waals surface area (Å²) in [5, 5.41) is 4.63. The fourth-order valence-corrected chi connectivity index (χ4v) is 4.54. The van der Waals surface area contributed by atoms with Crippen LogP contribution in [-0.2, 0) is 0 Å². The van der Waals surface area contributed by atoms with Crippen molar-refractivity contribution in [3.05, 3.63) is 62.5 Å². The van der Waals surface area contributed by atoms with E-state index in [9.17, 15) is 9.18 Å². The first-order valence-electron chi connectivity index (χ1n) is 8.78. The minimum absolute atomic E-state index is 0.121. The third-order valence-electron chi connectivity index (χ3n) is 4.58. The first-order valence-corrected chi connectivity index (χ1v) is 10.4. The summed E-state index contributed by atoms with van der Waals surface area (Å²) in [6, 6.07) is 10.3. The molecule has 1 saturated heterocycles. The molecule has 1 amide bonds. The number of nitrogens with one attached hydrogen (secondary N) is 1. The maximum atomic E-state index is 14.3. The Labute approximate surface area is 177 Å². The Morgan fingerprint density at radius 2 is 1.96 bits per heavy atom. The molecule has 28 heavy (non-hydrogen) atoms. The van der Waals surface area contributed by atoms with Crippen LogP contribution in [0.4, 0.5) is 10.1 Å². The number of fused-ring (bicyclic) bond motifs is 1. The molecule has 1 fully saturated rings. The van der Waals surface area contributed by atoms with Gasteiger partial charge in [0.1, 0.15) is 11.4 Å². The van der Waals surface area contributed by atoms with Gasteiger partial charge in [0.05, 0.1) is 10.7 Å². The lowest BCUT2D eigenvalue weighted by molar-refractivity contribution is 0.0929. The summed E-state index contributed by atoms with van der Waals surface area (Å²) in [4.78, 5) is 14.4. The van der Waals surface area contributed by atoms with Gasteiger partial charge in [-0.15, -0.1) is 0 Å². The molecule has 1 aromatic heterocycles. The number of halogens is 3. The largest absolute Gasteiger partial charge is 0.450 e. The van der Waals surface area contributed by atoms with Crippen molar-refractivity contribution in [2.24, 2.45) is 5.10 Å². The van der Waals surface area contributed by atoms with Crippen molar-refractivity contribution in [3.8, 4) is 0 Å². The smallest absolute Gasteiger partial charge is 0.307 e. The molecule has 144 valence electrons. The molecule has 2 heterocycles. The average Bonchev–Trinajstić information content (AvgIpc) is 3.32. The summed E-state index contributed by atoms with van der Waals surface area (Å²) < 4.78 is 21.5. The minimum Gasteiger partial charge on any atom is -0.450 e. The lowest BCUT2D eigenvalue weighted by atomic mass is 10.2. The fraction of sp³-hybridized carbons (Fsp3) is 0.200. The Kier molecular flexibility index (Phi) is 5.50. The number of anilines is 1. The Balaban J connectivity index is 1.46. The average molecular weight is 509 g/mol. The number of hydrogen-bond acceptors (Lipinski definition) is 4. The van der Waals surface area contributed by atoms with E-state index in [0.29, 0.717) is 11.1 Å². The van der Waals surface area contributed by atoms with Gasteiger partial charge in [0, 0.05) is 34.2 Å². The molecule has 3 aromatic rings. The monoisotopic (exact) mass is 507 g/mol. The third kappa shape index (κ3) is 3.98. The van der Waals surface area contributed by atoms with Crippen molar-refractivity contribution in [3.63, 3.8) is 0 Å². The number of rotatable bonds is 4. The fourth-order valence-electron chi connectivity index (χ4n) is 3.20. The molecular formula is C20H16Br2FN3O2. The number of carbonyl (C=O) groups is 1. The zero-order valence-electron chi connectivity index (χ0n) is 14.7. The Bertz CT molecular complexity index is 1070. The van der Waals surface area contributed by atoms with Gasteiger partial charge in [0.25, 0.3) is 0 Å². The minimum atomic E-state index is -0.510. The van der Waals surface area contributed by atoms with E-state index in [1.807, 2.05) is 18.2 Å². The highest BCUT2D eigenvalue weighted by atomic mass is 79.9. The predicted octanol–water partition coefficient (Wildman–Crippen LogP) is 5.46. The van der Waals surface area contributed by atoms with Gasteiger partial charge in [-0.3, -0.25) is 4.79 Å². The zero-order chi connectivity index (χ0) is 19.7. The van der Waals surface area contributed by atoms with E-state index in [4.69, 9.17) is 4.42 Å². The Hall–Kier alpha value is -2.19. The van der Waals surface area contributed by atoms with Crippen molar-refractivity contribution in [2.75, 3.05) is 18.0 Å². The van der Waals surface area contributed by atoms with Crippen LogP contribution in [0, 0.1) is 5.82 Å². The highest BCUT2D eigenvalue weighted by molar-refractivity contribution is 9.11. The molecule has 0 aliphatic carbocycles. The number of hydrazone groups is 1. The lowest BCUT2D eigenvalue weighted by Gasteiger charge is -2.17. The van der Waals surface area contributed by atoms with E-state index in [-0.39, 0.29) is 11.6 Å². The standard InChI is InChI=1S/C20H16Br2FN3O2/c21-14-7-13-8-18(28-19(13)16(22)9-14)20(27)25-24-11-12-3-4-15(10-17(12)23)26-5-1-2-6-26/h3-4,7-11H,1-2,5-6H2,(H,25,27)/b24-11-. The quantitative estimate of drug-likeness (QED) is 0.376. The number of carbonyl (C=O) groups excluding carboxylic acids is 1. The number of hydrogen-bond donors (Lipinski definition) is 1. The van der Waals surface area contributed by atoms with Crippen LogP contribution >= 0.6 is 31.9 Å². The summed E-state index contributed by atoms with van der Waals surface area (Å²) in [7, 11) is 0. The van der Waals surface area contributed by atoms with Gasteiger partial charge in [-0.2, -0.15) is 5.10 Å². The topological polar surface area (TPSA) is 57.8 Å². The van der Waals surface area contributed by atoms with E-state index in [2.05, 4.69) is 47.3 Å². The van der Waals surface area contributed by atoms with Gasteiger partial charge in [0.15, 0.2) is 5.76 Å². The van der Waals surface area contributed by atoms with Gasteiger partial charge < -0.3 is 9.32 Å². The molecule has 1 aliphatic rings. The Morgan fingerprint density at radius 1 is 1.18 bits per heavy atom. The van der Waals surface area contributed by atoms with Crippen molar-refractivity contribution in [1.29, 1.82) is 0 Å². The van der Waals surface area contributed by atoms with Crippen LogP contribution < -0.4 is 10.3 Å². The van der Waals surface area contributed by atoms with Crippen molar-refractivity contribution >= 4 is 60.6 Å². The van der Waals surface area contributed by atoms with E-state index in [1.54, 1.807) is 12.1 Å². The van der Waals surface area contributed by atoms with Gasteiger partial charge in [-0.05, 0) is 65.2 Å². The molecule has 4 rings (SSSR count). The number of furan rings is 1. The number of amides is 1. The van der Waals surface area contributed by atoms with E-state index in [0.717, 1.165) is 46.0 Å². The zero-order valence-corrected chi connectivity index (χ0v) is 17.9. The van der Waals surface area contributed by atoms with Crippen LogP contribution in [-0.4, -0.2) is 25.2 Å². The molecule has 1 aliphatic heterocycles. The molecular weight excluding hydrogens is 493 g/mol. The molecule has 0 bridgehead atoms. The van der Waals surface area contributed by atoms with Crippen LogP contribution in [0.1, 0.15) is 29.0 Å².